The van der Waals surface area contributed by atoms with Gasteiger partial charge in [-0.3, -0.25) is 0 Å². The fourth-order valence-electron chi connectivity index (χ4n) is 1.20. The molecule has 0 aromatic carbocycles. The number of thioether (sulfide) groups is 1. The van der Waals surface area contributed by atoms with E-state index in [1.807, 2.05) is 0 Å². The number of halogens is 1. The third-order valence-corrected chi connectivity index (χ3v) is 4.07. The zero-order valence-corrected chi connectivity index (χ0v) is 9.29. The molecule has 1 aliphatic heterocycles. The molecule has 6 heteroatoms. The third kappa shape index (κ3) is 2.56. The maximum absolute atomic E-state index is 5.80. The minimum absolute atomic E-state index is 0.378. The van der Waals surface area contributed by atoms with Crippen LogP contribution in [0.25, 0.3) is 0 Å². The Hall–Kier alpha value is 0.160. The molecule has 0 radical (unpaired) electrons. The van der Waals surface area contributed by atoms with Crippen LogP contribution in [0.15, 0.2) is 5.03 Å². The van der Waals surface area contributed by atoms with Crippen LogP contribution < -0.4 is 0 Å². The predicted molar refractivity (Wildman–Crippen MR) is 54.6 cm³/mol. The van der Waals surface area contributed by atoms with Crippen molar-refractivity contribution >= 4 is 35.1 Å². The van der Waals surface area contributed by atoms with Crippen molar-refractivity contribution in [2.75, 3.05) is 12.4 Å². The molecule has 1 unspecified atom stereocenters. The lowest BCUT2D eigenvalue weighted by atomic mass is 10.3. The van der Waals surface area contributed by atoms with Crippen molar-refractivity contribution < 1.29 is 4.74 Å². The first-order valence-corrected chi connectivity index (χ1v) is 6.18. The second-order valence-corrected chi connectivity index (χ2v) is 4.70. The number of nitrogens with zero attached hydrogens (tertiary/aromatic N) is 2. The lowest BCUT2D eigenvalue weighted by molar-refractivity contribution is 0.129. The van der Waals surface area contributed by atoms with E-state index in [1.54, 1.807) is 11.8 Å². The second kappa shape index (κ2) is 4.59. The van der Waals surface area contributed by atoms with Gasteiger partial charge in [-0.1, -0.05) is 23.4 Å². The number of aromatic nitrogens is 2. The first kappa shape index (κ1) is 9.71. The summed E-state index contributed by atoms with van der Waals surface area (Å²) < 4.78 is 13.5. The normalized spacial score (nSPS) is 22.4. The zero-order valence-electron chi connectivity index (χ0n) is 6.90. The molecule has 1 saturated heterocycles. The summed E-state index contributed by atoms with van der Waals surface area (Å²) in [6, 6.07) is 0. The van der Waals surface area contributed by atoms with Gasteiger partial charge >= 0.3 is 0 Å². The van der Waals surface area contributed by atoms with Crippen LogP contribution in [0.4, 0.5) is 0 Å². The van der Waals surface area contributed by atoms with Gasteiger partial charge in [0.1, 0.15) is 5.03 Å². The molecule has 3 nitrogen and oxygen atoms in total. The van der Waals surface area contributed by atoms with Crippen LogP contribution in [0, 0.1) is 0 Å². The van der Waals surface area contributed by atoms with Crippen LogP contribution in [-0.2, 0) is 4.74 Å². The van der Waals surface area contributed by atoms with E-state index in [-0.39, 0.29) is 0 Å². The molecule has 1 fully saturated rings. The number of hydrogen-bond acceptors (Lipinski definition) is 5. The van der Waals surface area contributed by atoms with Crippen molar-refractivity contribution in [2.24, 2.45) is 0 Å². The highest BCUT2D eigenvalue weighted by Gasteiger charge is 2.17. The number of ether oxygens (including phenoxy) is 1. The minimum atomic E-state index is 0.378. The van der Waals surface area contributed by atoms with Crippen molar-refractivity contribution in [3.63, 3.8) is 0 Å². The molecule has 1 aliphatic rings. The van der Waals surface area contributed by atoms with Gasteiger partial charge in [0.25, 0.3) is 0 Å². The Morgan fingerprint density at radius 2 is 2.54 bits per heavy atom. The average molecular weight is 237 g/mol. The van der Waals surface area contributed by atoms with Gasteiger partial charge in [0.05, 0.1) is 17.8 Å². The van der Waals surface area contributed by atoms with E-state index in [0.29, 0.717) is 11.3 Å². The van der Waals surface area contributed by atoms with Crippen molar-refractivity contribution in [1.29, 1.82) is 0 Å². The summed E-state index contributed by atoms with van der Waals surface area (Å²) in [7, 11) is 0. The molecule has 1 aromatic heterocycles. The standard InChI is InChI=1S/C7H9ClN2OS2/c8-6-7(10-13-9-6)12-4-5-2-1-3-11-5/h5H,1-4H2. The van der Waals surface area contributed by atoms with Gasteiger partial charge in [0.15, 0.2) is 5.15 Å². The zero-order chi connectivity index (χ0) is 9.10. The van der Waals surface area contributed by atoms with Gasteiger partial charge in [-0.2, -0.15) is 8.75 Å². The minimum Gasteiger partial charge on any atom is -0.377 e. The van der Waals surface area contributed by atoms with E-state index in [1.165, 1.54) is 6.42 Å². The first-order valence-electron chi connectivity index (χ1n) is 4.09. The number of rotatable bonds is 3. The summed E-state index contributed by atoms with van der Waals surface area (Å²) >= 11 is 8.59. The highest BCUT2D eigenvalue weighted by molar-refractivity contribution is 7.99. The lowest BCUT2D eigenvalue weighted by Gasteiger charge is -2.06. The van der Waals surface area contributed by atoms with E-state index >= 15 is 0 Å². The molecule has 2 heterocycles. The van der Waals surface area contributed by atoms with E-state index in [0.717, 1.165) is 35.5 Å². The molecule has 13 heavy (non-hydrogen) atoms. The van der Waals surface area contributed by atoms with Gasteiger partial charge in [-0.25, -0.2) is 0 Å². The summed E-state index contributed by atoms with van der Waals surface area (Å²) in [5, 5.41) is 1.36. The summed E-state index contributed by atoms with van der Waals surface area (Å²) in [6.45, 7) is 0.897. The molecule has 0 spiro atoms. The molecule has 1 atom stereocenters. The quantitative estimate of drug-likeness (QED) is 0.756. The van der Waals surface area contributed by atoms with Crippen LogP contribution >= 0.6 is 35.1 Å². The lowest BCUT2D eigenvalue weighted by Crippen LogP contribution is -2.07. The van der Waals surface area contributed by atoms with Gasteiger partial charge in [0.2, 0.25) is 0 Å². The number of hydrogen-bond donors (Lipinski definition) is 0. The molecular formula is C7H9ClN2OS2. The van der Waals surface area contributed by atoms with Crippen LogP contribution in [0.5, 0.6) is 0 Å². The summed E-state index contributed by atoms with van der Waals surface area (Å²) in [4.78, 5) is 0. The van der Waals surface area contributed by atoms with E-state index < -0.39 is 0 Å². The first-order chi connectivity index (χ1) is 6.36. The fraction of sp³-hybridized carbons (Fsp3) is 0.714. The van der Waals surface area contributed by atoms with Gasteiger partial charge in [0, 0.05) is 12.4 Å². The topological polar surface area (TPSA) is 35.0 Å². The molecule has 1 aromatic rings. The van der Waals surface area contributed by atoms with Crippen molar-refractivity contribution in [2.45, 2.75) is 24.0 Å². The van der Waals surface area contributed by atoms with Crippen LogP contribution in [0.3, 0.4) is 0 Å². The SMILES string of the molecule is Clc1nsnc1SCC1CCCO1. The maximum Gasteiger partial charge on any atom is 0.176 e. The summed E-state index contributed by atoms with van der Waals surface area (Å²) in [5.41, 5.74) is 0. The Bertz CT molecular complexity index is 275. The van der Waals surface area contributed by atoms with Gasteiger partial charge in [-0.15, -0.1) is 0 Å². The largest absolute Gasteiger partial charge is 0.377 e. The van der Waals surface area contributed by atoms with Crippen LogP contribution in [-0.4, -0.2) is 27.2 Å². The monoisotopic (exact) mass is 236 g/mol. The Kier molecular flexibility index (Phi) is 3.43. The molecular weight excluding hydrogens is 228 g/mol. The smallest absolute Gasteiger partial charge is 0.176 e. The maximum atomic E-state index is 5.80. The molecule has 0 N–H and O–H groups in total. The second-order valence-electron chi connectivity index (χ2n) is 2.81. The van der Waals surface area contributed by atoms with E-state index in [4.69, 9.17) is 16.3 Å². The van der Waals surface area contributed by atoms with Crippen molar-refractivity contribution in [3.05, 3.63) is 5.15 Å². The summed E-state index contributed by atoms with van der Waals surface area (Å²) in [5.74, 6) is 0.936. The third-order valence-electron chi connectivity index (χ3n) is 1.85. The summed E-state index contributed by atoms with van der Waals surface area (Å²) in [6.07, 6.45) is 2.71. The molecule has 0 aliphatic carbocycles. The fourth-order valence-corrected chi connectivity index (χ4v) is 3.05. The van der Waals surface area contributed by atoms with Crippen molar-refractivity contribution in [1.82, 2.24) is 8.75 Å². The highest BCUT2D eigenvalue weighted by Crippen LogP contribution is 2.27. The average Bonchev–Trinajstić information content (AvgIpc) is 2.72. The molecule has 2 rings (SSSR count). The Balaban J connectivity index is 1.82. The molecule has 0 saturated carbocycles. The molecule has 0 bridgehead atoms. The van der Waals surface area contributed by atoms with Gasteiger partial charge in [-0.05, 0) is 12.8 Å². The Morgan fingerprint density at radius 3 is 3.15 bits per heavy atom. The Morgan fingerprint density at radius 1 is 1.62 bits per heavy atom. The van der Waals surface area contributed by atoms with E-state index in [2.05, 4.69) is 8.75 Å². The van der Waals surface area contributed by atoms with Crippen molar-refractivity contribution in [3.8, 4) is 0 Å². The van der Waals surface area contributed by atoms with Gasteiger partial charge < -0.3 is 4.74 Å². The highest BCUT2D eigenvalue weighted by atomic mass is 35.5. The molecule has 72 valence electrons. The van der Waals surface area contributed by atoms with E-state index in [9.17, 15) is 0 Å². The molecule has 0 amide bonds. The van der Waals surface area contributed by atoms with Crippen LogP contribution in [0.2, 0.25) is 5.15 Å². The van der Waals surface area contributed by atoms with Crippen LogP contribution in [0.1, 0.15) is 12.8 Å². The Labute approximate surface area is 90.2 Å². The predicted octanol–water partition coefficient (Wildman–Crippen LogP) is 2.46.